The first-order valence-electron chi connectivity index (χ1n) is 6.58. The summed E-state index contributed by atoms with van der Waals surface area (Å²) in [6.45, 7) is 0.584. The van der Waals surface area contributed by atoms with Gasteiger partial charge in [0.25, 0.3) is 0 Å². The molecule has 0 spiro atoms. The predicted molar refractivity (Wildman–Crippen MR) is 74.5 cm³/mol. The molecule has 0 radical (unpaired) electrons. The number of hydrogen-bond donors (Lipinski definition) is 2. The van der Waals surface area contributed by atoms with Gasteiger partial charge in [-0.05, 0) is 31.0 Å². The predicted octanol–water partition coefficient (Wildman–Crippen LogP) is 3.94. The lowest BCUT2D eigenvalue weighted by Crippen LogP contribution is -2.45. The number of rotatable bonds is 3. The highest BCUT2D eigenvalue weighted by atomic mass is 35.5. The van der Waals surface area contributed by atoms with Gasteiger partial charge in [-0.15, -0.1) is 0 Å². The molecule has 1 aliphatic carbocycles. The first-order valence-corrected chi connectivity index (χ1v) is 6.96. The van der Waals surface area contributed by atoms with E-state index in [1.54, 1.807) is 6.07 Å². The average Bonchev–Trinajstić information content (AvgIpc) is 2.59. The highest BCUT2D eigenvalue weighted by molar-refractivity contribution is 6.33. The third-order valence-corrected chi connectivity index (χ3v) is 4.10. The Morgan fingerprint density at radius 2 is 1.89 bits per heavy atom. The molecule has 1 aromatic rings. The van der Waals surface area contributed by atoms with Crippen molar-refractivity contribution in [1.82, 2.24) is 0 Å². The minimum Gasteiger partial charge on any atom is -0.377 e. The number of benzene rings is 1. The third kappa shape index (κ3) is 3.15. The van der Waals surface area contributed by atoms with E-state index >= 15 is 0 Å². The van der Waals surface area contributed by atoms with E-state index in [0.717, 1.165) is 18.5 Å². The summed E-state index contributed by atoms with van der Waals surface area (Å²) in [6, 6.07) is 4.46. The average molecular weight is 271 g/mol. The topological polar surface area (TPSA) is 38.0 Å². The summed E-state index contributed by atoms with van der Waals surface area (Å²) in [5, 5.41) is 3.88. The van der Waals surface area contributed by atoms with Gasteiger partial charge < -0.3 is 11.1 Å². The van der Waals surface area contributed by atoms with Gasteiger partial charge >= 0.3 is 0 Å². The molecular weight excluding hydrogens is 251 g/mol. The quantitative estimate of drug-likeness (QED) is 0.817. The van der Waals surface area contributed by atoms with Crippen LogP contribution in [0, 0.1) is 5.82 Å². The molecule has 18 heavy (non-hydrogen) atoms. The van der Waals surface area contributed by atoms with E-state index in [1.165, 1.54) is 37.8 Å². The number of hydrogen-bond acceptors (Lipinski definition) is 2. The summed E-state index contributed by atoms with van der Waals surface area (Å²) < 4.78 is 13.0. The number of anilines is 1. The Kier molecular flexibility index (Phi) is 4.46. The van der Waals surface area contributed by atoms with Crippen LogP contribution in [0.2, 0.25) is 5.02 Å². The zero-order chi connectivity index (χ0) is 13.0. The molecule has 0 aliphatic heterocycles. The molecule has 1 aliphatic rings. The Morgan fingerprint density at radius 1 is 1.22 bits per heavy atom. The summed E-state index contributed by atoms with van der Waals surface area (Å²) in [5.41, 5.74) is 6.65. The smallest absolute Gasteiger partial charge is 0.124 e. The molecule has 0 unspecified atom stereocenters. The van der Waals surface area contributed by atoms with Crippen LogP contribution in [0.3, 0.4) is 0 Å². The van der Waals surface area contributed by atoms with Crippen molar-refractivity contribution < 1.29 is 4.39 Å². The lowest BCUT2D eigenvalue weighted by molar-refractivity contribution is 0.418. The maximum Gasteiger partial charge on any atom is 0.124 e. The molecule has 100 valence electrons. The number of halogens is 2. The summed E-state index contributed by atoms with van der Waals surface area (Å²) in [4.78, 5) is 0. The molecule has 1 saturated carbocycles. The van der Waals surface area contributed by atoms with E-state index in [9.17, 15) is 4.39 Å². The minimum atomic E-state index is -0.312. The lowest BCUT2D eigenvalue weighted by Gasteiger charge is -2.34. The van der Waals surface area contributed by atoms with Crippen molar-refractivity contribution in [3.05, 3.63) is 29.0 Å². The van der Waals surface area contributed by atoms with Crippen molar-refractivity contribution >= 4 is 17.3 Å². The van der Waals surface area contributed by atoms with E-state index < -0.39 is 0 Å². The van der Waals surface area contributed by atoms with Gasteiger partial charge in [-0.3, -0.25) is 0 Å². The fraction of sp³-hybridized carbons (Fsp3) is 0.571. The van der Waals surface area contributed by atoms with Crippen molar-refractivity contribution in [2.45, 2.75) is 44.1 Å². The molecule has 0 bridgehead atoms. The molecular formula is C14H20ClFN2. The van der Waals surface area contributed by atoms with Gasteiger partial charge in [-0.25, -0.2) is 4.39 Å². The van der Waals surface area contributed by atoms with E-state index in [2.05, 4.69) is 5.32 Å². The molecule has 0 heterocycles. The molecule has 0 aromatic heterocycles. The summed E-state index contributed by atoms with van der Waals surface area (Å²) >= 11 is 6.07. The molecule has 2 rings (SSSR count). The minimum absolute atomic E-state index is 0.0853. The number of nitrogens with two attached hydrogens (primary N) is 1. The van der Waals surface area contributed by atoms with E-state index in [0.29, 0.717) is 11.6 Å². The Hall–Kier alpha value is -0.800. The van der Waals surface area contributed by atoms with Gasteiger partial charge in [-0.2, -0.15) is 0 Å². The molecule has 0 amide bonds. The molecule has 0 saturated heterocycles. The molecule has 2 nitrogen and oxygen atoms in total. The van der Waals surface area contributed by atoms with Gasteiger partial charge in [0.15, 0.2) is 0 Å². The van der Waals surface area contributed by atoms with Crippen molar-refractivity contribution in [3.63, 3.8) is 0 Å². The van der Waals surface area contributed by atoms with Crippen LogP contribution < -0.4 is 11.1 Å². The Morgan fingerprint density at radius 3 is 2.44 bits per heavy atom. The van der Waals surface area contributed by atoms with Crippen LogP contribution in [-0.4, -0.2) is 12.1 Å². The van der Waals surface area contributed by atoms with Gasteiger partial charge in [0, 0.05) is 12.1 Å². The molecule has 1 aromatic carbocycles. The maximum absolute atomic E-state index is 13.0. The molecule has 3 N–H and O–H groups in total. The van der Waals surface area contributed by atoms with Crippen LogP contribution in [0.1, 0.15) is 38.5 Å². The Bertz CT molecular complexity index is 401. The maximum atomic E-state index is 13.0. The Labute approximate surface area is 113 Å². The van der Waals surface area contributed by atoms with Crippen LogP contribution in [-0.2, 0) is 0 Å². The monoisotopic (exact) mass is 270 g/mol. The molecule has 4 heteroatoms. The van der Waals surface area contributed by atoms with Crippen LogP contribution in [0.25, 0.3) is 0 Å². The molecule has 1 fully saturated rings. The van der Waals surface area contributed by atoms with Crippen LogP contribution in [0.15, 0.2) is 18.2 Å². The summed E-state index contributed by atoms with van der Waals surface area (Å²) in [5.74, 6) is -0.312. The first-order chi connectivity index (χ1) is 8.65. The summed E-state index contributed by atoms with van der Waals surface area (Å²) in [6.07, 6.45) is 7.00. The Balaban J connectivity index is 2.18. The van der Waals surface area contributed by atoms with Crippen molar-refractivity contribution in [2.75, 3.05) is 11.9 Å². The SMILES string of the molecule is NCC1(Nc2ccc(F)cc2Cl)CCCCCC1. The third-order valence-electron chi connectivity index (χ3n) is 3.78. The summed E-state index contributed by atoms with van der Waals surface area (Å²) in [7, 11) is 0. The fourth-order valence-electron chi connectivity index (χ4n) is 2.66. The zero-order valence-electron chi connectivity index (χ0n) is 10.5. The number of nitrogens with one attached hydrogen (secondary N) is 1. The van der Waals surface area contributed by atoms with E-state index in [-0.39, 0.29) is 11.4 Å². The van der Waals surface area contributed by atoms with Crippen LogP contribution in [0.5, 0.6) is 0 Å². The second-order valence-electron chi connectivity index (χ2n) is 5.15. The van der Waals surface area contributed by atoms with Gasteiger partial charge in [-0.1, -0.05) is 37.3 Å². The second kappa shape index (κ2) is 5.89. The van der Waals surface area contributed by atoms with Crippen molar-refractivity contribution in [1.29, 1.82) is 0 Å². The lowest BCUT2D eigenvalue weighted by atomic mass is 9.90. The zero-order valence-corrected chi connectivity index (χ0v) is 11.3. The largest absolute Gasteiger partial charge is 0.377 e. The van der Waals surface area contributed by atoms with Gasteiger partial charge in [0.2, 0.25) is 0 Å². The normalized spacial score (nSPS) is 19.3. The standard InChI is InChI=1S/C14H20ClFN2/c15-12-9-11(16)5-6-13(12)18-14(10-17)7-3-1-2-4-8-14/h5-6,9,18H,1-4,7-8,10,17H2. The van der Waals surface area contributed by atoms with Crippen molar-refractivity contribution in [3.8, 4) is 0 Å². The fourth-order valence-corrected chi connectivity index (χ4v) is 2.88. The van der Waals surface area contributed by atoms with Gasteiger partial charge in [0.1, 0.15) is 5.82 Å². The van der Waals surface area contributed by atoms with Crippen molar-refractivity contribution in [2.24, 2.45) is 5.73 Å². The van der Waals surface area contributed by atoms with E-state index in [1.807, 2.05) is 0 Å². The van der Waals surface area contributed by atoms with Crippen LogP contribution in [0.4, 0.5) is 10.1 Å². The first kappa shape index (κ1) is 13.6. The highest BCUT2D eigenvalue weighted by Gasteiger charge is 2.29. The van der Waals surface area contributed by atoms with Crippen LogP contribution >= 0.6 is 11.6 Å². The van der Waals surface area contributed by atoms with Gasteiger partial charge in [0.05, 0.1) is 10.7 Å². The van der Waals surface area contributed by atoms with E-state index in [4.69, 9.17) is 17.3 Å². The second-order valence-corrected chi connectivity index (χ2v) is 5.56. The highest BCUT2D eigenvalue weighted by Crippen LogP contribution is 2.32. The molecule has 0 atom stereocenters.